The molecule has 0 N–H and O–H groups in total. The van der Waals surface area contributed by atoms with E-state index in [2.05, 4.69) is 0 Å². The fraction of sp³-hybridized carbons (Fsp3) is 0. The summed E-state index contributed by atoms with van der Waals surface area (Å²) in [4.78, 5) is 0. The molecule has 0 spiro atoms. The molecule has 0 amide bonds. The first-order chi connectivity index (χ1) is 1.89. The number of hydrogen-bond acceptors (Lipinski definition) is 2. The normalized spacial score (nSPS) is 21.5. The van der Waals surface area contributed by atoms with E-state index in [1.165, 1.54) is 22.0 Å². The Morgan fingerprint density at radius 1 is 1.50 bits per heavy atom. The summed E-state index contributed by atoms with van der Waals surface area (Å²) in [5, 5.41) is 0. The van der Waals surface area contributed by atoms with Crippen molar-refractivity contribution in [2.45, 2.75) is 0 Å². The third-order valence-corrected chi connectivity index (χ3v) is 1.27. The van der Waals surface area contributed by atoms with Gasteiger partial charge in [-0.3, -0.25) is 0 Å². The molecule has 1 heterocycles. The second-order valence-electron chi connectivity index (χ2n) is 0.387. The molecule has 0 radical (unpaired) electrons. The molecule has 1 saturated heterocycles. The maximum atomic E-state index is 7.93. The van der Waals surface area contributed by atoms with Gasteiger partial charge in [0.25, 0.3) is 0 Å². The van der Waals surface area contributed by atoms with Gasteiger partial charge in [0.1, 0.15) is 0 Å². The van der Waals surface area contributed by atoms with Gasteiger partial charge in [-0.05, 0) is 0 Å². The summed E-state index contributed by atoms with van der Waals surface area (Å²) in [5.41, 5.74) is 7.93. The second-order valence-corrected chi connectivity index (χ2v) is 2.50. The molecule has 0 bridgehead atoms. The standard InChI is InChI=1S/N2S2/c1-2-3-4-2. The molecule has 1 rings (SSSR count). The first-order valence-electron chi connectivity index (χ1n) is 0.732. The number of nitrogens with zero attached hydrogens (tertiary/aromatic N) is 2. The first-order valence-corrected chi connectivity index (χ1v) is 2.80. The van der Waals surface area contributed by atoms with Crippen LogP contribution >= 0.6 is 22.0 Å². The molecule has 1 fully saturated rings. The van der Waals surface area contributed by atoms with Crippen LogP contribution < -0.4 is 0 Å². The highest BCUT2D eigenvalue weighted by Gasteiger charge is 2.23. The zero-order chi connectivity index (χ0) is 2.99. The van der Waals surface area contributed by atoms with Crippen LogP contribution in [-0.2, 0) is 0 Å². The molecule has 0 aromatic carbocycles. The van der Waals surface area contributed by atoms with Gasteiger partial charge >= 0.3 is 22.0 Å². The van der Waals surface area contributed by atoms with Gasteiger partial charge in [0, 0.05) is 0 Å². The summed E-state index contributed by atoms with van der Waals surface area (Å²) in [5.74, 6) is 0. The van der Waals surface area contributed by atoms with Crippen molar-refractivity contribution >= 4 is 22.0 Å². The summed E-state index contributed by atoms with van der Waals surface area (Å²) in [6.45, 7) is 0. The Bertz CT molecular complexity index is 42.0. The average molecular weight is 92.1 g/mol. The van der Waals surface area contributed by atoms with Crippen molar-refractivity contribution in [3.63, 3.8) is 0 Å². The first kappa shape index (κ1) is 2.53. The lowest BCUT2D eigenvalue weighted by Crippen LogP contribution is -1.32. The van der Waals surface area contributed by atoms with Crippen molar-refractivity contribution in [2.24, 2.45) is 0 Å². The SMILES string of the molecule is [N-]=[N+]1SS1. The Labute approximate surface area is 31.7 Å². The van der Waals surface area contributed by atoms with Gasteiger partial charge in [-0.1, -0.05) is 0 Å². The average Bonchev–Trinajstić information content (AvgIpc) is 1.75. The number of rotatable bonds is 0. The highest BCUT2D eigenvalue weighted by atomic mass is 33.2. The van der Waals surface area contributed by atoms with Gasteiger partial charge in [0.2, 0.25) is 0 Å². The summed E-state index contributed by atoms with van der Waals surface area (Å²) in [6.07, 6.45) is 0. The minimum atomic E-state index is 1.08. The molecule has 0 aromatic heterocycles. The highest BCUT2D eigenvalue weighted by Crippen LogP contribution is 2.44. The van der Waals surface area contributed by atoms with Crippen molar-refractivity contribution in [1.29, 1.82) is 0 Å². The van der Waals surface area contributed by atoms with E-state index in [1.54, 1.807) is 0 Å². The topological polar surface area (TPSA) is 25.3 Å². The lowest BCUT2D eigenvalue weighted by atomic mass is 13.2. The van der Waals surface area contributed by atoms with E-state index in [9.17, 15) is 0 Å². The summed E-state index contributed by atoms with van der Waals surface area (Å²) in [7, 11) is 2.66. The highest BCUT2D eigenvalue weighted by molar-refractivity contribution is 8.83. The van der Waals surface area contributed by atoms with Gasteiger partial charge < -0.3 is 5.53 Å². The molecule has 22 valence electrons. The Hall–Kier alpha value is 0.300. The van der Waals surface area contributed by atoms with Crippen LogP contribution in [0, 0.1) is 0 Å². The second kappa shape index (κ2) is 0.621. The van der Waals surface area contributed by atoms with Crippen LogP contribution in [0.5, 0.6) is 0 Å². The van der Waals surface area contributed by atoms with Crippen LogP contribution in [0.3, 0.4) is 0 Å². The van der Waals surface area contributed by atoms with Gasteiger partial charge in [-0.15, -0.1) is 3.51 Å². The van der Waals surface area contributed by atoms with Crippen LogP contribution in [0.2, 0.25) is 0 Å². The smallest absolute Gasteiger partial charge is 0.311 e. The maximum absolute atomic E-state index is 7.93. The zero-order valence-electron chi connectivity index (χ0n) is 1.71. The van der Waals surface area contributed by atoms with Crippen molar-refractivity contribution < 1.29 is 3.51 Å². The molecule has 0 aliphatic carbocycles. The van der Waals surface area contributed by atoms with Crippen LogP contribution in [0.4, 0.5) is 0 Å². The Morgan fingerprint density at radius 3 is 1.75 bits per heavy atom. The molecule has 4 heavy (non-hydrogen) atoms. The fourth-order valence-electron chi connectivity index (χ4n) is 0.0149. The Morgan fingerprint density at radius 2 is 1.75 bits per heavy atom. The summed E-state index contributed by atoms with van der Waals surface area (Å²) < 4.78 is 1.08. The van der Waals surface area contributed by atoms with E-state index in [0.717, 1.165) is 3.51 Å². The maximum Gasteiger partial charge on any atom is 0.311 e. The van der Waals surface area contributed by atoms with Gasteiger partial charge in [0.05, 0.1) is 0 Å². The molecule has 0 aromatic rings. The molecule has 0 atom stereocenters. The molecular formula is N2S2. The zero-order valence-corrected chi connectivity index (χ0v) is 3.34. The Kier molecular flexibility index (Phi) is 0.393. The molecule has 1 aliphatic heterocycles. The van der Waals surface area contributed by atoms with Gasteiger partial charge in [-0.2, -0.15) is 0 Å². The lowest BCUT2D eigenvalue weighted by molar-refractivity contribution is -0.113. The minimum Gasteiger partial charge on any atom is -0.473 e. The largest absolute Gasteiger partial charge is 0.473 e. The number of hydrogen-bond donors (Lipinski definition) is 0. The van der Waals surface area contributed by atoms with E-state index < -0.39 is 0 Å². The van der Waals surface area contributed by atoms with E-state index >= 15 is 0 Å². The quantitative estimate of drug-likeness (QED) is 0.194. The van der Waals surface area contributed by atoms with E-state index in [1.807, 2.05) is 0 Å². The Balaban J connectivity index is 2.60. The van der Waals surface area contributed by atoms with Crippen molar-refractivity contribution in [2.75, 3.05) is 0 Å². The minimum absolute atomic E-state index is 1.08. The van der Waals surface area contributed by atoms with Crippen molar-refractivity contribution in [3.8, 4) is 0 Å². The molecule has 0 saturated carbocycles. The molecule has 4 heteroatoms. The summed E-state index contributed by atoms with van der Waals surface area (Å²) >= 11 is 0. The van der Waals surface area contributed by atoms with E-state index in [0.29, 0.717) is 0 Å². The third-order valence-electron chi connectivity index (χ3n) is 0.141. The van der Waals surface area contributed by atoms with Gasteiger partial charge in [0.15, 0.2) is 0 Å². The molecule has 1 aliphatic rings. The molecule has 0 unspecified atom stereocenters. The van der Waals surface area contributed by atoms with E-state index in [4.69, 9.17) is 5.53 Å². The summed E-state index contributed by atoms with van der Waals surface area (Å²) in [6, 6.07) is 0. The van der Waals surface area contributed by atoms with Crippen LogP contribution in [-0.4, -0.2) is 3.51 Å². The lowest BCUT2D eigenvalue weighted by Gasteiger charge is -1.41. The monoisotopic (exact) mass is 92.0 g/mol. The van der Waals surface area contributed by atoms with Crippen molar-refractivity contribution in [1.82, 2.24) is 0 Å². The van der Waals surface area contributed by atoms with Crippen LogP contribution in [0.25, 0.3) is 5.53 Å². The third kappa shape index (κ3) is 0.357. The van der Waals surface area contributed by atoms with Crippen LogP contribution in [0.15, 0.2) is 0 Å². The molecule has 2 nitrogen and oxygen atoms in total. The van der Waals surface area contributed by atoms with Gasteiger partial charge in [-0.25, -0.2) is 0 Å². The van der Waals surface area contributed by atoms with Crippen molar-refractivity contribution in [3.05, 3.63) is 5.53 Å². The van der Waals surface area contributed by atoms with E-state index in [-0.39, 0.29) is 0 Å². The molecular weight excluding hydrogens is 92.1 g/mol. The van der Waals surface area contributed by atoms with Crippen LogP contribution in [0.1, 0.15) is 0 Å². The fourth-order valence-corrected chi connectivity index (χ4v) is 0.134. The predicted molar refractivity (Wildman–Crippen MR) is 18.8 cm³/mol. The predicted octanol–water partition coefficient (Wildman–Crippen LogP) is 1.25.